The van der Waals surface area contributed by atoms with Gasteiger partial charge in [-0.2, -0.15) is 0 Å². The van der Waals surface area contributed by atoms with Gasteiger partial charge in [-0.25, -0.2) is 4.79 Å². The Morgan fingerprint density at radius 2 is 1.85 bits per heavy atom. The van der Waals surface area contributed by atoms with Crippen molar-refractivity contribution in [2.45, 2.75) is 20.3 Å². The Morgan fingerprint density at radius 3 is 2.40 bits per heavy atom. The van der Waals surface area contributed by atoms with Crippen LogP contribution in [-0.2, 0) is 19.1 Å². The number of hydrogen-bond acceptors (Lipinski definition) is 4. The third-order valence-corrected chi connectivity index (χ3v) is 3.00. The number of hydrogen-bond donors (Lipinski definition) is 0. The Morgan fingerprint density at radius 1 is 1.20 bits per heavy atom. The lowest BCUT2D eigenvalue weighted by molar-refractivity contribution is -0.135. The first kappa shape index (κ1) is 14.0. The van der Waals surface area contributed by atoms with Crippen molar-refractivity contribution >= 4 is 29.5 Å². The van der Waals surface area contributed by atoms with Gasteiger partial charge < -0.3 is 4.74 Å². The van der Waals surface area contributed by atoms with Crippen LogP contribution in [0.1, 0.15) is 25.8 Å². The maximum absolute atomic E-state index is 11.6. The summed E-state index contributed by atoms with van der Waals surface area (Å²) in [7, 11) is 0. The highest BCUT2D eigenvalue weighted by Gasteiger charge is 2.22. The number of nitrogens with zero attached hydrogens (tertiary/aromatic N) is 1. The number of imide groups is 1. The van der Waals surface area contributed by atoms with Crippen molar-refractivity contribution in [3.05, 3.63) is 35.4 Å². The molecule has 0 unspecified atom stereocenters. The first-order valence-corrected chi connectivity index (χ1v) is 6.28. The molecule has 1 heterocycles. The Labute approximate surface area is 116 Å². The molecule has 0 N–H and O–H groups in total. The first-order valence-electron chi connectivity index (χ1n) is 6.28. The third-order valence-electron chi connectivity index (χ3n) is 3.00. The number of carbonyl (C=O) groups is 3. The SMILES string of the molecule is CC(=O)N(C(C)=O)c1ccccc1/C=C1/CCOC1=O. The lowest BCUT2D eigenvalue weighted by Crippen LogP contribution is -2.33. The molecule has 0 radical (unpaired) electrons. The third kappa shape index (κ3) is 2.77. The van der Waals surface area contributed by atoms with Crippen LogP contribution in [0.25, 0.3) is 6.08 Å². The second kappa shape index (κ2) is 5.69. The summed E-state index contributed by atoms with van der Waals surface area (Å²) in [6.07, 6.45) is 2.21. The van der Waals surface area contributed by atoms with E-state index in [9.17, 15) is 14.4 Å². The molecule has 1 aliphatic rings. The van der Waals surface area contributed by atoms with E-state index in [1.165, 1.54) is 13.8 Å². The minimum absolute atomic E-state index is 0.350. The normalized spacial score (nSPS) is 16.1. The van der Waals surface area contributed by atoms with Crippen LogP contribution in [0.3, 0.4) is 0 Å². The van der Waals surface area contributed by atoms with Gasteiger partial charge in [0.1, 0.15) is 0 Å². The van der Waals surface area contributed by atoms with Crippen molar-refractivity contribution in [1.82, 2.24) is 0 Å². The quantitative estimate of drug-likeness (QED) is 0.610. The van der Waals surface area contributed by atoms with E-state index in [-0.39, 0.29) is 17.8 Å². The molecule has 1 aromatic carbocycles. The molecule has 1 aliphatic heterocycles. The number of para-hydroxylation sites is 1. The summed E-state index contributed by atoms with van der Waals surface area (Å²) in [6.45, 7) is 3.03. The number of benzene rings is 1. The van der Waals surface area contributed by atoms with Gasteiger partial charge in [-0.1, -0.05) is 18.2 Å². The average Bonchev–Trinajstić information content (AvgIpc) is 2.76. The molecule has 2 amide bonds. The highest BCUT2D eigenvalue weighted by Crippen LogP contribution is 2.26. The highest BCUT2D eigenvalue weighted by atomic mass is 16.5. The maximum Gasteiger partial charge on any atom is 0.334 e. The van der Waals surface area contributed by atoms with E-state index in [0.717, 1.165) is 4.90 Å². The van der Waals surface area contributed by atoms with Crippen LogP contribution < -0.4 is 4.90 Å². The minimum Gasteiger partial charge on any atom is -0.462 e. The van der Waals surface area contributed by atoms with Crippen LogP contribution in [-0.4, -0.2) is 24.4 Å². The number of ether oxygens (including phenoxy) is 1. The van der Waals surface area contributed by atoms with Crippen molar-refractivity contribution in [3.63, 3.8) is 0 Å². The van der Waals surface area contributed by atoms with Crippen molar-refractivity contribution in [3.8, 4) is 0 Å². The fraction of sp³-hybridized carbons (Fsp3) is 0.267. The van der Waals surface area contributed by atoms with Crippen LogP contribution in [0.15, 0.2) is 29.8 Å². The van der Waals surface area contributed by atoms with E-state index >= 15 is 0 Å². The number of carbonyl (C=O) groups excluding carboxylic acids is 3. The highest BCUT2D eigenvalue weighted by molar-refractivity contribution is 6.14. The van der Waals surface area contributed by atoms with Gasteiger partial charge >= 0.3 is 5.97 Å². The predicted molar refractivity (Wildman–Crippen MR) is 73.8 cm³/mol. The number of cyclic esters (lactones) is 1. The van der Waals surface area contributed by atoms with Gasteiger partial charge in [-0.3, -0.25) is 14.5 Å². The lowest BCUT2D eigenvalue weighted by atomic mass is 10.1. The summed E-state index contributed by atoms with van der Waals surface area (Å²) in [5.41, 5.74) is 1.66. The van der Waals surface area contributed by atoms with E-state index < -0.39 is 0 Å². The monoisotopic (exact) mass is 273 g/mol. The van der Waals surface area contributed by atoms with Crippen LogP contribution in [0.2, 0.25) is 0 Å². The van der Waals surface area contributed by atoms with E-state index in [4.69, 9.17) is 4.74 Å². The number of esters is 1. The summed E-state index contributed by atoms with van der Waals surface area (Å²) in [5, 5.41) is 0. The molecule has 0 spiro atoms. The van der Waals surface area contributed by atoms with Crippen LogP contribution in [0, 0.1) is 0 Å². The van der Waals surface area contributed by atoms with Gasteiger partial charge in [-0.05, 0) is 17.7 Å². The minimum atomic E-state index is -0.364. The number of amides is 2. The molecule has 1 saturated heterocycles. The molecular weight excluding hydrogens is 258 g/mol. The second-order valence-corrected chi connectivity index (χ2v) is 4.49. The Balaban J connectivity index is 2.47. The van der Waals surface area contributed by atoms with Crippen molar-refractivity contribution < 1.29 is 19.1 Å². The Bertz CT molecular complexity index is 590. The molecule has 2 rings (SSSR count). The lowest BCUT2D eigenvalue weighted by Gasteiger charge is -2.19. The zero-order valence-electron chi connectivity index (χ0n) is 11.4. The summed E-state index contributed by atoms with van der Waals surface area (Å²) in [6, 6.07) is 6.96. The summed E-state index contributed by atoms with van der Waals surface area (Å²) in [5.74, 6) is -1.08. The van der Waals surface area contributed by atoms with Crippen LogP contribution >= 0.6 is 0 Å². The zero-order chi connectivity index (χ0) is 14.7. The van der Waals surface area contributed by atoms with Crippen LogP contribution in [0.4, 0.5) is 5.69 Å². The summed E-state index contributed by atoms with van der Waals surface area (Å²) in [4.78, 5) is 35.8. The number of anilines is 1. The predicted octanol–water partition coefficient (Wildman–Crippen LogP) is 1.92. The first-order chi connectivity index (χ1) is 9.50. The van der Waals surface area contributed by atoms with E-state index in [1.807, 2.05) is 0 Å². The topological polar surface area (TPSA) is 63.7 Å². The van der Waals surface area contributed by atoms with Crippen molar-refractivity contribution in [2.75, 3.05) is 11.5 Å². The smallest absolute Gasteiger partial charge is 0.334 e. The molecule has 0 saturated carbocycles. The molecular formula is C15H15NO4. The number of rotatable bonds is 2. The van der Waals surface area contributed by atoms with Crippen molar-refractivity contribution in [1.29, 1.82) is 0 Å². The molecule has 0 aliphatic carbocycles. The molecule has 0 atom stereocenters. The molecule has 0 aromatic heterocycles. The molecule has 20 heavy (non-hydrogen) atoms. The van der Waals surface area contributed by atoms with Gasteiger partial charge in [0.25, 0.3) is 0 Å². The summed E-state index contributed by atoms with van der Waals surface area (Å²) < 4.78 is 4.88. The van der Waals surface area contributed by atoms with E-state index in [2.05, 4.69) is 0 Å². The molecule has 5 heteroatoms. The molecule has 1 aromatic rings. The van der Waals surface area contributed by atoms with Crippen molar-refractivity contribution in [2.24, 2.45) is 0 Å². The fourth-order valence-electron chi connectivity index (χ4n) is 2.14. The van der Waals surface area contributed by atoms with Gasteiger partial charge in [0.2, 0.25) is 11.8 Å². The zero-order valence-corrected chi connectivity index (χ0v) is 11.4. The van der Waals surface area contributed by atoms with E-state index in [1.54, 1.807) is 30.3 Å². The molecule has 104 valence electrons. The Kier molecular flexibility index (Phi) is 3.98. The van der Waals surface area contributed by atoms with Gasteiger partial charge in [0, 0.05) is 25.8 Å². The molecule has 5 nitrogen and oxygen atoms in total. The van der Waals surface area contributed by atoms with Gasteiger partial charge in [0.05, 0.1) is 12.3 Å². The Hall–Kier alpha value is -2.43. The molecule has 0 bridgehead atoms. The molecule has 1 fully saturated rings. The standard InChI is InChI=1S/C15H15NO4/c1-10(17)16(11(2)18)14-6-4-3-5-12(14)9-13-7-8-20-15(13)19/h3-6,9H,7-8H2,1-2H3/b13-9-. The fourth-order valence-corrected chi connectivity index (χ4v) is 2.14. The largest absolute Gasteiger partial charge is 0.462 e. The van der Waals surface area contributed by atoms with Crippen LogP contribution in [0.5, 0.6) is 0 Å². The maximum atomic E-state index is 11.6. The second-order valence-electron chi connectivity index (χ2n) is 4.49. The van der Waals surface area contributed by atoms with Gasteiger partial charge in [-0.15, -0.1) is 0 Å². The summed E-state index contributed by atoms with van der Waals surface area (Å²) >= 11 is 0. The average molecular weight is 273 g/mol. The van der Waals surface area contributed by atoms with E-state index in [0.29, 0.717) is 29.9 Å². The van der Waals surface area contributed by atoms with Gasteiger partial charge in [0.15, 0.2) is 0 Å².